The molecule has 2 rings (SSSR count). The van der Waals surface area contributed by atoms with Gasteiger partial charge in [-0.2, -0.15) is 0 Å². The van der Waals surface area contributed by atoms with Gasteiger partial charge in [0.1, 0.15) is 0 Å². The lowest BCUT2D eigenvalue weighted by Gasteiger charge is -2.23. The first-order valence-electron chi connectivity index (χ1n) is 5.34. The molecule has 1 aromatic carbocycles. The van der Waals surface area contributed by atoms with Crippen LogP contribution in [0.15, 0.2) is 29.3 Å². The van der Waals surface area contributed by atoms with Gasteiger partial charge in [-0.15, -0.1) is 0 Å². The van der Waals surface area contributed by atoms with E-state index in [0.29, 0.717) is 0 Å². The molecule has 3 nitrogen and oxygen atoms in total. The van der Waals surface area contributed by atoms with Crippen LogP contribution >= 0.6 is 0 Å². The minimum absolute atomic E-state index is 0.155. The highest BCUT2D eigenvalue weighted by atomic mass is 16.5. The lowest BCUT2D eigenvalue weighted by atomic mass is 10.1. The Bertz CT molecular complexity index is 362. The summed E-state index contributed by atoms with van der Waals surface area (Å²) in [6.07, 6.45) is 2.78. The molecule has 0 saturated heterocycles. The van der Waals surface area contributed by atoms with E-state index < -0.39 is 0 Å². The molecule has 0 fully saturated rings. The number of hydrogen-bond acceptors (Lipinski definition) is 3. The smallest absolute Gasteiger partial charge is 0.178 e. The highest BCUT2D eigenvalue weighted by Gasteiger charge is 2.18. The molecule has 80 valence electrons. The fourth-order valence-electron chi connectivity index (χ4n) is 1.52. The number of para-hydroxylation sites is 1. The van der Waals surface area contributed by atoms with Gasteiger partial charge in [0.2, 0.25) is 0 Å². The van der Waals surface area contributed by atoms with E-state index >= 15 is 0 Å². The van der Waals surface area contributed by atoms with Crippen molar-refractivity contribution >= 4 is 12.0 Å². The number of ether oxygens (including phenoxy) is 1. The first-order valence-corrected chi connectivity index (χ1v) is 5.34. The summed E-state index contributed by atoms with van der Waals surface area (Å²) < 4.78 is 5.83. The molecule has 0 amide bonds. The van der Waals surface area contributed by atoms with Gasteiger partial charge in [0.25, 0.3) is 0 Å². The topological polar surface area (TPSA) is 33.6 Å². The molecule has 0 radical (unpaired) electrons. The molecule has 0 spiro atoms. The van der Waals surface area contributed by atoms with Crippen LogP contribution in [0.4, 0.5) is 5.69 Å². The number of nitrogens with one attached hydrogen (secondary N) is 1. The Kier molecular flexibility index (Phi) is 3.02. The lowest BCUT2D eigenvalue weighted by Crippen LogP contribution is -2.17. The van der Waals surface area contributed by atoms with Crippen molar-refractivity contribution < 1.29 is 4.74 Å². The fraction of sp³-hybridized carbons (Fsp3) is 0.417. The quantitative estimate of drug-likeness (QED) is 0.821. The average Bonchev–Trinajstić information content (AvgIpc) is 2.29. The minimum atomic E-state index is -0.155. The molecule has 1 N–H and O–H groups in total. The van der Waals surface area contributed by atoms with E-state index in [1.807, 2.05) is 24.3 Å². The van der Waals surface area contributed by atoms with Crippen LogP contribution in [-0.2, 0) is 4.74 Å². The third-order valence-electron chi connectivity index (χ3n) is 2.59. The number of hydrogen-bond donors (Lipinski definition) is 1. The van der Waals surface area contributed by atoms with Gasteiger partial charge in [0.05, 0.1) is 12.4 Å². The largest absolute Gasteiger partial charge is 0.349 e. The summed E-state index contributed by atoms with van der Waals surface area (Å²) in [6, 6.07) is 8.10. The van der Waals surface area contributed by atoms with Crippen molar-refractivity contribution in [1.82, 2.24) is 0 Å². The first-order chi connectivity index (χ1) is 7.31. The summed E-state index contributed by atoms with van der Waals surface area (Å²) in [7, 11) is 0. The lowest BCUT2D eigenvalue weighted by molar-refractivity contribution is 0.000150. The molecule has 1 aliphatic heterocycles. The molecule has 1 aromatic rings. The molecule has 1 heterocycles. The van der Waals surface area contributed by atoms with Crippen molar-refractivity contribution in [3.63, 3.8) is 0 Å². The normalized spacial score (nSPS) is 20.5. The third kappa shape index (κ3) is 2.18. The van der Waals surface area contributed by atoms with Crippen molar-refractivity contribution in [2.45, 2.75) is 32.6 Å². The highest BCUT2D eigenvalue weighted by Crippen LogP contribution is 2.30. The van der Waals surface area contributed by atoms with Gasteiger partial charge in [0.15, 0.2) is 6.23 Å². The van der Waals surface area contributed by atoms with Gasteiger partial charge >= 0.3 is 0 Å². The number of fused-ring (bicyclic) bond motifs is 1. The first kappa shape index (κ1) is 10.2. The molecule has 3 heteroatoms. The van der Waals surface area contributed by atoms with Gasteiger partial charge in [-0.1, -0.05) is 25.1 Å². The second-order valence-corrected chi connectivity index (χ2v) is 3.72. The predicted molar refractivity (Wildman–Crippen MR) is 62.1 cm³/mol. The standard InChI is InChI=1S/C12H16N2O/c1-3-9(2)15-12-10-6-4-5-7-11(10)13-8-14-12/h4-9,12H,3H2,1-2H3,(H,13,14). The van der Waals surface area contributed by atoms with Crippen molar-refractivity contribution in [2.75, 3.05) is 5.32 Å². The summed E-state index contributed by atoms with van der Waals surface area (Å²) in [4.78, 5) is 4.30. The van der Waals surface area contributed by atoms with Crippen LogP contribution in [-0.4, -0.2) is 12.4 Å². The van der Waals surface area contributed by atoms with E-state index in [9.17, 15) is 0 Å². The van der Waals surface area contributed by atoms with Crippen LogP contribution < -0.4 is 5.32 Å². The fourth-order valence-corrected chi connectivity index (χ4v) is 1.52. The third-order valence-corrected chi connectivity index (χ3v) is 2.59. The van der Waals surface area contributed by atoms with Gasteiger partial charge in [-0.05, 0) is 19.4 Å². The van der Waals surface area contributed by atoms with Crippen LogP contribution in [0.3, 0.4) is 0 Å². The highest BCUT2D eigenvalue weighted by molar-refractivity contribution is 5.80. The Balaban J connectivity index is 2.19. The SMILES string of the molecule is CCC(C)OC1N=CNc2ccccc21. The van der Waals surface area contributed by atoms with Crippen molar-refractivity contribution in [1.29, 1.82) is 0 Å². The predicted octanol–water partition coefficient (Wildman–Crippen LogP) is 2.95. The Hall–Kier alpha value is -1.35. The van der Waals surface area contributed by atoms with Gasteiger partial charge in [0, 0.05) is 11.3 Å². The van der Waals surface area contributed by atoms with Crippen LogP contribution in [0.5, 0.6) is 0 Å². The van der Waals surface area contributed by atoms with Crippen LogP contribution in [0.1, 0.15) is 32.1 Å². The summed E-state index contributed by atoms with van der Waals surface area (Å²) >= 11 is 0. The van der Waals surface area contributed by atoms with Crippen molar-refractivity contribution in [3.05, 3.63) is 29.8 Å². The number of rotatable bonds is 3. The van der Waals surface area contributed by atoms with E-state index in [2.05, 4.69) is 24.2 Å². The Labute approximate surface area is 90.2 Å². The Morgan fingerprint density at radius 3 is 3.07 bits per heavy atom. The number of anilines is 1. The van der Waals surface area contributed by atoms with E-state index in [0.717, 1.165) is 17.7 Å². The summed E-state index contributed by atoms with van der Waals surface area (Å²) in [5.74, 6) is 0. The van der Waals surface area contributed by atoms with E-state index in [4.69, 9.17) is 4.74 Å². The number of benzene rings is 1. The molecule has 0 aromatic heterocycles. The molecule has 0 bridgehead atoms. The second kappa shape index (κ2) is 4.45. The molecule has 0 saturated carbocycles. The average molecular weight is 204 g/mol. The Morgan fingerprint density at radius 1 is 1.47 bits per heavy atom. The van der Waals surface area contributed by atoms with Crippen molar-refractivity contribution in [3.8, 4) is 0 Å². The maximum absolute atomic E-state index is 5.83. The minimum Gasteiger partial charge on any atom is -0.349 e. The van der Waals surface area contributed by atoms with Gasteiger partial charge in [-0.3, -0.25) is 0 Å². The maximum Gasteiger partial charge on any atom is 0.178 e. The molecular formula is C12H16N2O. The van der Waals surface area contributed by atoms with E-state index in [1.165, 1.54) is 0 Å². The Morgan fingerprint density at radius 2 is 2.27 bits per heavy atom. The van der Waals surface area contributed by atoms with E-state index in [-0.39, 0.29) is 12.3 Å². The zero-order valence-corrected chi connectivity index (χ0v) is 9.10. The molecule has 2 atom stereocenters. The molecular weight excluding hydrogens is 188 g/mol. The number of aliphatic imine (C=N–C) groups is 1. The summed E-state index contributed by atoms with van der Waals surface area (Å²) in [5, 5.41) is 3.11. The van der Waals surface area contributed by atoms with E-state index in [1.54, 1.807) is 6.34 Å². The van der Waals surface area contributed by atoms with Crippen LogP contribution in [0.25, 0.3) is 0 Å². The molecule has 1 aliphatic rings. The maximum atomic E-state index is 5.83. The van der Waals surface area contributed by atoms with Gasteiger partial charge in [-0.25, -0.2) is 4.99 Å². The molecule has 0 aliphatic carbocycles. The summed E-state index contributed by atoms with van der Waals surface area (Å²) in [5.41, 5.74) is 2.20. The molecule has 2 unspecified atom stereocenters. The van der Waals surface area contributed by atoms with Crippen LogP contribution in [0, 0.1) is 0 Å². The molecule has 15 heavy (non-hydrogen) atoms. The number of nitrogens with zero attached hydrogens (tertiary/aromatic N) is 1. The van der Waals surface area contributed by atoms with Gasteiger partial charge < -0.3 is 10.1 Å². The second-order valence-electron chi connectivity index (χ2n) is 3.72. The zero-order chi connectivity index (χ0) is 10.7. The monoisotopic (exact) mass is 204 g/mol. The van der Waals surface area contributed by atoms with Crippen LogP contribution in [0.2, 0.25) is 0 Å². The zero-order valence-electron chi connectivity index (χ0n) is 9.10. The summed E-state index contributed by atoms with van der Waals surface area (Å²) in [6.45, 7) is 4.18. The van der Waals surface area contributed by atoms with Crippen molar-refractivity contribution in [2.24, 2.45) is 4.99 Å².